The number of amides is 2. The average Bonchev–Trinajstić information content (AvgIpc) is 2.99. The maximum absolute atomic E-state index is 11.6. The molecule has 0 saturated carbocycles. The summed E-state index contributed by atoms with van der Waals surface area (Å²) >= 11 is 0. The van der Waals surface area contributed by atoms with Crippen molar-refractivity contribution in [3.63, 3.8) is 0 Å². The minimum absolute atomic E-state index is 0.114. The SMILES string of the molecule is O=C(NCCc1ncon1)NC1COCC1C(=O)O. The highest BCUT2D eigenvalue weighted by Crippen LogP contribution is 2.13. The first kappa shape index (κ1) is 13.3. The molecular weight excluding hydrogens is 256 g/mol. The van der Waals surface area contributed by atoms with Gasteiger partial charge >= 0.3 is 12.0 Å². The van der Waals surface area contributed by atoms with E-state index in [1.54, 1.807) is 0 Å². The van der Waals surface area contributed by atoms with Gasteiger partial charge in [-0.05, 0) is 0 Å². The number of carbonyl (C=O) groups excluding carboxylic acids is 1. The van der Waals surface area contributed by atoms with Crippen molar-refractivity contribution in [2.24, 2.45) is 5.92 Å². The van der Waals surface area contributed by atoms with Crippen LogP contribution in [0.25, 0.3) is 0 Å². The molecule has 2 atom stereocenters. The van der Waals surface area contributed by atoms with Crippen molar-refractivity contribution in [1.82, 2.24) is 20.8 Å². The molecule has 0 radical (unpaired) electrons. The van der Waals surface area contributed by atoms with Crippen molar-refractivity contribution < 1.29 is 24.0 Å². The first-order chi connectivity index (χ1) is 9.16. The number of rotatable bonds is 5. The summed E-state index contributed by atoms with van der Waals surface area (Å²) in [5.74, 6) is -1.19. The molecule has 104 valence electrons. The summed E-state index contributed by atoms with van der Waals surface area (Å²) in [6.07, 6.45) is 1.65. The number of nitrogens with one attached hydrogen (secondary N) is 2. The van der Waals surface area contributed by atoms with Crippen molar-refractivity contribution in [2.75, 3.05) is 19.8 Å². The topological polar surface area (TPSA) is 127 Å². The zero-order chi connectivity index (χ0) is 13.7. The number of hydrogen-bond donors (Lipinski definition) is 3. The average molecular weight is 270 g/mol. The number of carboxylic acid groups (broad SMARTS) is 1. The third kappa shape index (κ3) is 3.65. The van der Waals surface area contributed by atoms with Crippen molar-refractivity contribution in [3.05, 3.63) is 12.2 Å². The third-order valence-electron chi connectivity index (χ3n) is 2.76. The zero-order valence-corrected chi connectivity index (χ0v) is 10.0. The zero-order valence-electron chi connectivity index (χ0n) is 10.0. The Labute approximate surface area is 108 Å². The lowest BCUT2D eigenvalue weighted by atomic mass is 10.0. The van der Waals surface area contributed by atoms with E-state index in [2.05, 4.69) is 25.3 Å². The molecule has 2 unspecified atom stereocenters. The smallest absolute Gasteiger partial charge is 0.315 e. The predicted octanol–water partition coefficient (Wildman–Crippen LogP) is -0.989. The van der Waals surface area contributed by atoms with Gasteiger partial charge in [0.1, 0.15) is 5.92 Å². The lowest BCUT2D eigenvalue weighted by Gasteiger charge is -2.15. The number of aliphatic carboxylic acids is 1. The minimum atomic E-state index is -0.977. The quantitative estimate of drug-likeness (QED) is 0.627. The molecule has 9 heteroatoms. The summed E-state index contributed by atoms with van der Waals surface area (Å²) in [5.41, 5.74) is 0. The molecule has 0 spiro atoms. The Morgan fingerprint density at radius 1 is 1.47 bits per heavy atom. The molecule has 0 bridgehead atoms. The fourth-order valence-electron chi connectivity index (χ4n) is 1.75. The van der Waals surface area contributed by atoms with Crippen molar-refractivity contribution >= 4 is 12.0 Å². The van der Waals surface area contributed by atoms with E-state index in [0.717, 1.165) is 0 Å². The molecule has 2 heterocycles. The van der Waals surface area contributed by atoms with Gasteiger partial charge in [-0.25, -0.2) is 4.79 Å². The van der Waals surface area contributed by atoms with E-state index in [-0.39, 0.29) is 13.2 Å². The first-order valence-corrected chi connectivity index (χ1v) is 5.77. The lowest BCUT2D eigenvalue weighted by Crippen LogP contribution is -2.47. The summed E-state index contributed by atoms with van der Waals surface area (Å²) < 4.78 is 9.59. The van der Waals surface area contributed by atoms with Crippen LogP contribution < -0.4 is 10.6 Å². The molecule has 3 N–H and O–H groups in total. The van der Waals surface area contributed by atoms with Crippen LogP contribution in [0.3, 0.4) is 0 Å². The van der Waals surface area contributed by atoms with Gasteiger partial charge in [-0.15, -0.1) is 0 Å². The van der Waals surface area contributed by atoms with E-state index in [1.165, 1.54) is 6.39 Å². The third-order valence-corrected chi connectivity index (χ3v) is 2.76. The predicted molar refractivity (Wildman–Crippen MR) is 60.3 cm³/mol. The lowest BCUT2D eigenvalue weighted by molar-refractivity contribution is -0.142. The molecule has 9 nitrogen and oxygen atoms in total. The number of aromatic nitrogens is 2. The maximum atomic E-state index is 11.6. The Morgan fingerprint density at radius 3 is 3.00 bits per heavy atom. The van der Waals surface area contributed by atoms with Crippen LogP contribution in [-0.4, -0.2) is 53.0 Å². The molecule has 0 aliphatic carbocycles. The molecule has 1 aliphatic rings. The maximum Gasteiger partial charge on any atom is 0.315 e. The Bertz CT molecular complexity index is 435. The van der Waals surface area contributed by atoms with Crippen LogP contribution in [0.2, 0.25) is 0 Å². The highest BCUT2D eigenvalue weighted by molar-refractivity contribution is 5.77. The van der Waals surface area contributed by atoms with E-state index < -0.39 is 24.0 Å². The first-order valence-electron chi connectivity index (χ1n) is 5.77. The molecular formula is C10H14N4O5. The van der Waals surface area contributed by atoms with E-state index in [9.17, 15) is 9.59 Å². The molecule has 1 aromatic heterocycles. The van der Waals surface area contributed by atoms with Crippen LogP contribution >= 0.6 is 0 Å². The minimum Gasteiger partial charge on any atom is -0.481 e. The molecule has 19 heavy (non-hydrogen) atoms. The second kappa shape index (κ2) is 6.14. The summed E-state index contributed by atoms with van der Waals surface area (Å²) in [4.78, 5) is 26.2. The molecule has 2 amide bonds. The second-order valence-corrected chi connectivity index (χ2v) is 4.09. The van der Waals surface area contributed by atoms with Crippen molar-refractivity contribution in [1.29, 1.82) is 0 Å². The van der Waals surface area contributed by atoms with Gasteiger partial charge in [0.2, 0.25) is 6.39 Å². The summed E-state index contributed by atoms with van der Waals surface area (Å²) in [6.45, 7) is 0.648. The van der Waals surface area contributed by atoms with E-state index in [0.29, 0.717) is 18.8 Å². The standard InChI is InChI=1S/C10H14N4O5/c15-9(16)6-3-18-4-7(6)13-10(17)11-2-1-8-12-5-19-14-8/h5-7H,1-4H2,(H,15,16)(H2,11,13,17). The number of hydrogen-bond acceptors (Lipinski definition) is 6. The van der Waals surface area contributed by atoms with Gasteiger partial charge in [-0.2, -0.15) is 4.98 Å². The largest absolute Gasteiger partial charge is 0.481 e. The highest BCUT2D eigenvalue weighted by Gasteiger charge is 2.34. The van der Waals surface area contributed by atoms with Crippen LogP contribution in [0.4, 0.5) is 4.79 Å². The number of carboxylic acids is 1. The molecule has 1 fully saturated rings. The van der Waals surface area contributed by atoms with E-state index in [4.69, 9.17) is 9.84 Å². The van der Waals surface area contributed by atoms with Crippen LogP contribution in [0.5, 0.6) is 0 Å². The van der Waals surface area contributed by atoms with Gasteiger partial charge in [0.05, 0.1) is 19.3 Å². The van der Waals surface area contributed by atoms with Crippen LogP contribution in [0, 0.1) is 5.92 Å². The molecule has 1 saturated heterocycles. The van der Waals surface area contributed by atoms with Gasteiger partial charge in [0.15, 0.2) is 5.82 Å². The van der Waals surface area contributed by atoms with E-state index >= 15 is 0 Å². The van der Waals surface area contributed by atoms with Gasteiger partial charge in [0, 0.05) is 13.0 Å². The molecule has 1 aliphatic heterocycles. The fourth-order valence-corrected chi connectivity index (χ4v) is 1.75. The second-order valence-electron chi connectivity index (χ2n) is 4.09. The molecule has 1 aromatic rings. The highest BCUT2D eigenvalue weighted by atomic mass is 16.5. The fraction of sp³-hybridized carbons (Fsp3) is 0.600. The number of ether oxygens (including phenoxy) is 1. The van der Waals surface area contributed by atoms with Gasteiger partial charge in [0.25, 0.3) is 0 Å². The van der Waals surface area contributed by atoms with Crippen LogP contribution in [0.1, 0.15) is 5.82 Å². The molecule has 2 rings (SSSR count). The summed E-state index contributed by atoms with van der Waals surface area (Å²) in [7, 11) is 0. The summed E-state index contributed by atoms with van der Waals surface area (Å²) in [6, 6.07) is -0.951. The Hall–Kier alpha value is -2.16. The Morgan fingerprint density at radius 2 is 2.32 bits per heavy atom. The van der Waals surface area contributed by atoms with Crippen LogP contribution in [0.15, 0.2) is 10.9 Å². The van der Waals surface area contributed by atoms with E-state index in [1.807, 2.05) is 0 Å². The monoisotopic (exact) mass is 270 g/mol. The van der Waals surface area contributed by atoms with Gasteiger partial charge in [-0.1, -0.05) is 5.16 Å². The Balaban J connectivity index is 1.70. The summed E-state index contributed by atoms with van der Waals surface area (Å²) in [5, 5.41) is 17.7. The van der Waals surface area contributed by atoms with Crippen molar-refractivity contribution in [3.8, 4) is 0 Å². The normalized spacial score (nSPS) is 22.1. The number of carbonyl (C=O) groups is 2. The number of urea groups is 1. The van der Waals surface area contributed by atoms with Crippen molar-refractivity contribution in [2.45, 2.75) is 12.5 Å². The van der Waals surface area contributed by atoms with Gasteiger partial charge in [-0.3, -0.25) is 4.79 Å². The number of nitrogens with zero attached hydrogens (tertiary/aromatic N) is 2. The van der Waals surface area contributed by atoms with Crippen LogP contribution in [-0.2, 0) is 16.0 Å². The van der Waals surface area contributed by atoms with Gasteiger partial charge < -0.3 is 25.0 Å². The Kier molecular flexibility index (Phi) is 4.29. The molecule has 0 aromatic carbocycles.